The Kier molecular flexibility index (Phi) is 4.93. The molecule has 0 aliphatic rings. The first-order chi connectivity index (χ1) is 10.0. The Morgan fingerprint density at radius 1 is 1.33 bits per heavy atom. The molecule has 0 bridgehead atoms. The van der Waals surface area contributed by atoms with Crippen molar-refractivity contribution in [2.75, 3.05) is 19.0 Å². The standard InChI is InChI=1S/C15H17FN2O2S/c1-15(20-2,11-6-3-4-7-12(11)16)10-17-14(19)18-13-8-5-9-21-13/h3-9H,10H2,1-2H3,(H2,17,18,19)/t15-/m1/s1. The Morgan fingerprint density at radius 2 is 2.10 bits per heavy atom. The molecular formula is C15H17FN2O2S. The molecule has 6 heteroatoms. The molecule has 2 rings (SSSR count). The van der Waals surface area contributed by atoms with Gasteiger partial charge in [-0.1, -0.05) is 18.2 Å². The highest BCUT2D eigenvalue weighted by molar-refractivity contribution is 7.14. The van der Waals surface area contributed by atoms with Crippen molar-refractivity contribution in [3.8, 4) is 0 Å². The van der Waals surface area contributed by atoms with Crippen molar-refractivity contribution in [1.82, 2.24) is 5.32 Å². The molecule has 112 valence electrons. The lowest BCUT2D eigenvalue weighted by Crippen LogP contribution is -2.42. The monoisotopic (exact) mass is 308 g/mol. The van der Waals surface area contributed by atoms with E-state index in [1.54, 1.807) is 31.2 Å². The number of benzene rings is 1. The van der Waals surface area contributed by atoms with E-state index in [9.17, 15) is 9.18 Å². The fourth-order valence-corrected chi connectivity index (χ4v) is 2.53. The van der Waals surface area contributed by atoms with E-state index in [2.05, 4.69) is 10.6 Å². The zero-order valence-electron chi connectivity index (χ0n) is 11.9. The molecule has 1 aromatic carbocycles. The second-order valence-corrected chi connectivity index (χ2v) is 5.65. The molecule has 0 radical (unpaired) electrons. The van der Waals surface area contributed by atoms with Gasteiger partial charge in [0.1, 0.15) is 11.4 Å². The largest absolute Gasteiger partial charge is 0.372 e. The number of halogens is 1. The van der Waals surface area contributed by atoms with Gasteiger partial charge >= 0.3 is 6.03 Å². The molecule has 2 N–H and O–H groups in total. The predicted octanol–water partition coefficient (Wildman–Crippen LogP) is 3.57. The normalized spacial score (nSPS) is 13.5. The molecule has 2 aromatic rings. The molecular weight excluding hydrogens is 291 g/mol. The quantitative estimate of drug-likeness (QED) is 0.887. The zero-order chi connectivity index (χ0) is 15.3. The lowest BCUT2D eigenvalue weighted by molar-refractivity contribution is 0.00236. The topological polar surface area (TPSA) is 50.4 Å². The van der Waals surface area contributed by atoms with Crippen molar-refractivity contribution in [2.45, 2.75) is 12.5 Å². The number of methoxy groups -OCH3 is 1. The summed E-state index contributed by atoms with van der Waals surface area (Å²) in [4.78, 5) is 11.8. The van der Waals surface area contributed by atoms with Gasteiger partial charge in [0.2, 0.25) is 0 Å². The van der Waals surface area contributed by atoms with Crippen LogP contribution in [0.2, 0.25) is 0 Å². The van der Waals surface area contributed by atoms with Crippen molar-refractivity contribution in [3.63, 3.8) is 0 Å². The maximum Gasteiger partial charge on any atom is 0.319 e. The molecule has 0 spiro atoms. The summed E-state index contributed by atoms with van der Waals surface area (Å²) in [5, 5.41) is 8.02. The van der Waals surface area contributed by atoms with E-state index in [-0.39, 0.29) is 18.4 Å². The van der Waals surface area contributed by atoms with Gasteiger partial charge in [-0.05, 0) is 30.5 Å². The number of amides is 2. The van der Waals surface area contributed by atoms with Crippen LogP contribution >= 0.6 is 11.3 Å². The highest BCUT2D eigenvalue weighted by atomic mass is 32.1. The van der Waals surface area contributed by atoms with Gasteiger partial charge in [-0.25, -0.2) is 9.18 Å². The maximum atomic E-state index is 13.9. The molecule has 21 heavy (non-hydrogen) atoms. The van der Waals surface area contributed by atoms with Crippen LogP contribution in [0.4, 0.5) is 14.2 Å². The number of nitrogens with one attached hydrogen (secondary N) is 2. The van der Waals surface area contributed by atoms with Crippen molar-refractivity contribution in [1.29, 1.82) is 0 Å². The smallest absolute Gasteiger partial charge is 0.319 e. The molecule has 0 aliphatic heterocycles. The summed E-state index contributed by atoms with van der Waals surface area (Å²) in [5.74, 6) is -0.359. The van der Waals surface area contributed by atoms with Crippen LogP contribution in [-0.2, 0) is 10.3 Å². The Balaban J connectivity index is 2.02. The van der Waals surface area contributed by atoms with Gasteiger partial charge < -0.3 is 10.1 Å². The Hall–Kier alpha value is -1.92. The third-order valence-electron chi connectivity index (χ3n) is 3.24. The van der Waals surface area contributed by atoms with Gasteiger partial charge in [0.15, 0.2) is 0 Å². The van der Waals surface area contributed by atoms with Gasteiger partial charge in [0, 0.05) is 12.7 Å². The van der Waals surface area contributed by atoms with Crippen LogP contribution in [0.15, 0.2) is 41.8 Å². The van der Waals surface area contributed by atoms with Crippen LogP contribution in [-0.4, -0.2) is 19.7 Å². The van der Waals surface area contributed by atoms with Crippen LogP contribution in [0, 0.1) is 5.82 Å². The molecule has 0 saturated carbocycles. The minimum Gasteiger partial charge on any atom is -0.372 e. The summed E-state index contributed by atoms with van der Waals surface area (Å²) in [5.41, 5.74) is -0.526. The van der Waals surface area contributed by atoms with Gasteiger partial charge in [0.05, 0.1) is 11.5 Å². The lowest BCUT2D eigenvalue weighted by atomic mass is 9.95. The summed E-state index contributed by atoms with van der Waals surface area (Å²) >= 11 is 1.43. The number of thiophene rings is 1. The molecule has 2 amide bonds. The molecule has 0 unspecified atom stereocenters. The zero-order valence-corrected chi connectivity index (χ0v) is 12.7. The first kappa shape index (κ1) is 15.5. The molecule has 4 nitrogen and oxygen atoms in total. The average Bonchev–Trinajstić information content (AvgIpc) is 2.98. The fraction of sp³-hybridized carbons (Fsp3) is 0.267. The molecule has 1 atom stereocenters. The molecule has 0 aliphatic carbocycles. The molecule has 0 saturated heterocycles. The number of rotatable bonds is 5. The van der Waals surface area contributed by atoms with E-state index < -0.39 is 5.60 Å². The third kappa shape index (κ3) is 3.80. The summed E-state index contributed by atoms with van der Waals surface area (Å²) in [6.07, 6.45) is 0. The molecule has 1 heterocycles. The minimum absolute atomic E-state index is 0.154. The van der Waals surface area contributed by atoms with E-state index in [1.165, 1.54) is 24.5 Å². The Morgan fingerprint density at radius 3 is 2.71 bits per heavy atom. The minimum atomic E-state index is -0.932. The van der Waals surface area contributed by atoms with Crippen LogP contribution in [0.1, 0.15) is 12.5 Å². The highest BCUT2D eigenvalue weighted by Crippen LogP contribution is 2.26. The number of carbonyl (C=O) groups is 1. The first-order valence-electron chi connectivity index (χ1n) is 6.44. The van der Waals surface area contributed by atoms with Gasteiger partial charge in [0.25, 0.3) is 0 Å². The Labute approximate surface area is 126 Å². The molecule has 1 aromatic heterocycles. The van der Waals surface area contributed by atoms with E-state index >= 15 is 0 Å². The van der Waals surface area contributed by atoms with E-state index in [4.69, 9.17) is 4.74 Å². The van der Waals surface area contributed by atoms with Crippen molar-refractivity contribution >= 4 is 22.4 Å². The summed E-state index contributed by atoms with van der Waals surface area (Å²) in [7, 11) is 1.49. The second-order valence-electron chi connectivity index (χ2n) is 4.70. The number of ether oxygens (including phenoxy) is 1. The second kappa shape index (κ2) is 6.69. The number of urea groups is 1. The average molecular weight is 308 g/mol. The fourth-order valence-electron chi connectivity index (χ4n) is 1.92. The lowest BCUT2D eigenvalue weighted by Gasteiger charge is -2.29. The van der Waals surface area contributed by atoms with Crippen molar-refractivity contribution in [3.05, 3.63) is 53.2 Å². The van der Waals surface area contributed by atoms with Crippen LogP contribution in [0.25, 0.3) is 0 Å². The van der Waals surface area contributed by atoms with Crippen molar-refractivity contribution < 1.29 is 13.9 Å². The highest BCUT2D eigenvalue weighted by Gasteiger charge is 2.29. The van der Waals surface area contributed by atoms with Crippen LogP contribution in [0.3, 0.4) is 0 Å². The number of hydrogen-bond acceptors (Lipinski definition) is 3. The van der Waals surface area contributed by atoms with Gasteiger partial charge in [-0.3, -0.25) is 5.32 Å². The number of carbonyl (C=O) groups excluding carboxylic acids is 1. The van der Waals surface area contributed by atoms with Gasteiger partial charge in [-0.15, -0.1) is 11.3 Å². The number of anilines is 1. The van der Waals surface area contributed by atoms with E-state index in [0.29, 0.717) is 5.56 Å². The van der Waals surface area contributed by atoms with Crippen molar-refractivity contribution in [2.24, 2.45) is 0 Å². The Bertz CT molecular complexity index is 603. The molecule has 0 fully saturated rings. The number of hydrogen-bond donors (Lipinski definition) is 2. The summed E-state index contributed by atoms with van der Waals surface area (Å²) in [6, 6.07) is 9.68. The van der Waals surface area contributed by atoms with Crippen LogP contribution in [0.5, 0.6) is 0 Å². The third-order valence-corrected chi connectivity index (χ3v) is 4.02. The maximum absolute atomic E-state index is 13.9. The SMILES string of the molecule is CO[C@](C)(CNC(=O)Nc1cccs1)c1ccccc1F. The summed E-state index contributed by atoms with van der Waals surface area (Å²) < 4.78 is 19.3. The van der Waals surface area contributed by atoms with Gasteiger partial charge in [-0.2, -0.15) is 0 Å². The first-order valence-corrected chi connectivity index (χ1v) is 7.31. The van der Waals surface area contributed by atoms with E-state index in [0.717, 1.165) is 5.00 Å². The van der Waals surface area contributed by atoms with E-state index in [1.807, 2.05) is 11.4 Å². The summed E-state index contributed by atoms with van der Waals surface area (Å²) in [6.45, 7) is 1.89. The van der Waals surface area contributed by atoms with Crippen LogP contribution < -0.4 is 10.6 Å². The predicted molar refractivity (Wildman–Crippen MR) is 82.1 cm³/mol.